The van der Waals surface area contributed by atoms with Crippen LogP contribution in [0.1, 0.15) is 67.2 Å². The predicted molar refractivity (Wildman–Crippen MR) is 139 cm³/mol. The summed E-state index contributed by atoms with van der Waals surface area (Å²) in [6.07, 6.45) is 6.28. The second-order valence-corrected chi connectivity index (χ2v) is 11.5. The summed E-state index contributed by atoms with van der Waals surface area (Å²) >= 11 is 0. The maximum Gasteiger partial charge on any atom is 0.0325 e. The van der Waals surface area contributed by atoms with E-state index in [-0.39, 0.29) is 5.41 Å². The highest BCUT2D eigenvalue weighted by molar-refractivity contribution is 7.22. The smallest absolute Gasteiger partial charge is 0.0325 e. The molecule has 1 fully saturated rings. The minimum atomic E-state index is 0.243. The number of nitrogens with one attached hydrogen (secondary N) is 2. The van der Waals surface area contributed by atoms with Gasteiger partial charge < -0.3 is 10.7 Å². The zero-order valence-electron chi connectivity index (χ0n) is 20.5. The van der Waals surface area contributed by atoms with Crippen LogP contribution in [0.25, 0.3) is 0 Å². The highest BCUT2D eigenvalue weighted by Crippen LogP contribution is 2.51. The first kappa shape index (κ1) is 26.9. The second-order valence-electron chi connectivity index (χ2n) is 10.7. The number of allylic oxidation sites excluding steroid dienone is 3. The molecule has 0 heterocycles. The van der Waals surface area contributed by atoms with Gasteiger partial charge in [-0.3, -0.25) is 0 Å². The van der Waals surface area contributed by atoms with Crippen LogP contribution in [-0.4, -0.2) is 12.3 Å². The van der Waals surface area contributed by atoms with E-state index in [1.807, 2.05) is 13.0 Å². The summed E-state index contributed by atoms with van der Waals surface area (Å²) in [5.74, 6) is 2.40. The summed E-state index contributed by atoms with van der Waals surface area (Å²) in [6, 6.07) is 0. The van der Waals surface area contributed by atoms with Crippen LogP contribution in [0, 0.1) is 46.3 Å². The summed E-state index contributed by atoms with van der Waals surface area (Å²) in [5.41, 5.74) is 3.38. The van der Waals surface area contributed by atoms with Crippen molar-refractivity contribution in [3.05, 3.63) is 49.0 Å². The fourth-order valence-corrected chi connectivity index (χ4v) is 6.33. The molecule has 0 radical (unpaired) electrons. The number of hydrogen-bond acceptors (Lipinski definition) is 2. The van der Waals surface area contributed by atoms with Crippen LogP contribution in [0.3, 0.4) is 0 Å². The zero-order valence-corrected chi connectivity index (χ0v) is 21.6. The Bertz CT molecular complexity index is 654. The Labute approximate surface area is 189 Å². The van der Waals surface area contributed by atoms with Gasteiger partial charge in [-0.25, -0.2) is 0 Å². The van der Waals surface area contributed by atoms with E-state index in [4.69, 9.17) is 5.41 Å². The van der Waals surface area contributed by atoms with E-state index in [1.165, 1.54) is 10.9 Å². The lowest BCUT2D eigenvalue weighted by Gasteiger charge is -2.48. The molecule has 0 saturated heterocycles. The Morgan fingerprint density at radius 2 is 1.80 bits per heavy atom. The Kier molecular flexibility index (Phi) is 10.3. The summed E-state index contributed by atoms with van der Waals surface area (Å²) in [6.45, 7) is 31.1. The van der Waals surface area contributed by atoms with Crippen molar-refractivity contribution < 1.29 is 0 Å². The maximum absolute atomic E-state index is 8.58. The van der Waals surface area contributed by atoms with Gasteiger partial charge in [0.25, 0.3) is 0 Å². The molecule has 170 valence electrons. The molecule has 0 aliphatic heterocycles. The summed E-state index contributed by atoms with van der Waals surface area (Å²) < 4.78 is 0. The molecule has 7 unspecified atom stereocenters. The van der Waals surface area contributed by atoms with Crippen LogP contribution >= 0.6 is 9.24 Å². The first-order valence-corrected chi connectivity index (χ1v) is 12.1. The first-order valence-electron chi connectivity index (χ1n) is 11.5. The molecule has 0 aromatic rings. The van der Waals surface area contributed by atoms with E-state index in [2.05, 4.69) is 75.5 Å². The van der Waals surface area contributed by atoms with Crippen molar-refractivity contribution in [3.8, 4) is 0 Å². The standard InChI is InChI=1S/C27H47N2P/c1-11-13-29-19(6)23(12-2)26(20(7)30)21-14-22(16-27(8,9)10)25(18(5)28)24(15-21)17(3)4/h11,21-26,28-29H,1,3,6-7,12-16,30H2,2,4-5,8-10H3. The third kappa shape index (κ3) is 7.23. The lowest BCUT2D eigenvalue weighted by molar-refractivity contribution is 0.0933. The van der Waals surface area contributed by atoms with Crippen LogP contribution in [0.15, 0.2) is 49.0 Å². The molecule has 0 amide bonds. The molecule has 1 rings (SSSR count). The van der Waals surface area contributed by atoms with E-state index in [0.29, 0.717) is 35.5 Å². The third-order valence-electron chi connectivity index (χ3n) is 6.84. The van der Waals surface area contributed by atoms with Gasteiger partial charge in [0.05, 0.1) is 0 Å². The van der Waals surface area contributed by atoms with Crippen molar-refractivity contribution in [1.82, 2.24) is 5.32 Å². The molecule has 30 heavy (non-hydrogen) atoms. The summed E-state index contributed by atoms with van der Waals surface area (Å²) in [4.78, 5) is 0. The number of rotatable bonds is 11. The van der Waals surface area contributed by atoms with Crippen molar-refractivity contribution >= 4 is 15.0 Å². The van der Waals surface area contributed by atoms with Crippen molar-refractivity contribution in [1.29, 1.82) is 5.41 Å². The molecule has 3 heteroatoms. The van der Waals surface area contributed by atoms with E-state index >= 15 is 0 Å². The molecule has 0 spiro atoms. The van der Waals surface area contributed by atoms with Gasteiger partial charge in [0.1, 0.15) is 0 Å². The van der Waals surface area contributed by atoms with Crippen LogP contribution < -0.4 is 5.32 Å². The van der Waals surface area contributed by atoms with Crippen LogP contribution in [0.2, 0.25) is 0 Å². The highest BCUT2D eigenvalue weighted by atomic mass is 31.0. The SMILES string of the molecule is C=CCNC(=C)C(CC)C(C(=C)P)C1CC(CC(C)(C)C)C(C(C)=N)C(C(=C)C)C1. The largest absolute Gasteiger partial charge is 0.385 e. The topological polar surface area (TPSA) is 35.9 Å². The Morgan fingerprint density at radius 1 is 1.20 bits per heavy atom. The second kappa shape index (κ2) is 11.5. The van der Waals surface area contributed by atoms with Gasteiger partial charge in [0.15, 0.2) is 0 Å². The Hall–Kier alpha value is -1.14. The average Bonchev–Trinajstić information content (AvgIpc) is 2.61. The van der Waals surface area contributed by atoms with E-state index in [1.54, 1.807) is 0 Å². The monoisotopic (exact) mass is 430 g/mol. The van der Waals surface area contributed by atoms with Crippen LogP contribution in [0.5, 0.6) is 0 Å². The molecule has 2 N–H and O–H groups in total. The highest BCUT2D eigenvalue weighted by Gasteiger charge is 2.44. The van der Waals surface area contributed by atoms with E-state index in [9.17, 15) is 0 Å². The summed E-state index contributed by atoms with van der Waals surface area (Å²) in [7, 11) is 2.90. The quantitative estimate of drug-likeness (QED) is 0.197. The fraction of sp³-hybridized carbons (Fsp3) is 0.667. The Morgan fingerprint density at radius 3 is 2.20 bits per heavy atom. The third-order valence-corrected chi connectivity index (χ3v) is 7.23. The van der Waals surface area contributed by atoms with Crippen molar-refractivity contribution in [2.45, 2.75) is 67.2 Å². The molecule has 1 aliphatic carbocycles. The fourth-order valence-electron chi connectivity index (χ4n) is 5.83. The van der Waals surface area contributed by atoms with Crippen molar-refractivity contribution in [2.75, 3.05) is 6.54 Å². The van der Waals surface area contributed by atoms with Gasteiger partial charge in [0, 0.05) is 29.8 Å². The molecule has 0 aromatic carbocycles. The van der Waals surface area contributed by atoms with Gasteiger partial charge in [-0.2, -0.15) is 0 Å². The molecule has 0 bridgehead atoms. The normalized spacial score (nSPS) is 26.4. The summed E-state index contributed by atoms with van der Waals surface area (Å²) in [5, 5.41) is 13.2. The lowest BCUT2D eigenvalue weighted by atomic mass is 9.57. The molecule has 1 saturated carbocycles. The van der Waals surface area contributed by atoms with Crippen LogP contribution in [0.4, 0.5) is 0 Å². The van der Waals surface area contributed by atoms with E-state index < -0.39 is 0 Å². The van der Waals surface area contributed by atoms with Crippen LogP contribution in [-0.2, 0) is 0 Å². The molecule has 1 aliphatic rings. The Balaban J connectivity index is 3.34. The van der Waals surface area contributed by atoms with Gasteiger partial charge in [0.2, 0.25) is 0 Å². The molecular weight excluding hydrogens is 383 g/mol. The van der Waals surface area contributed by atoms with Gasteiger partial charge >= 0.3 is 0 Å². The average molecular weight is 431 g/mol. The maximum atomic E-state index is 8.58. The number of hydrogen-bond donors (Lipinski definition) is 2. The molecular formula is C27H47N2P. The minimum absolute atomic E-state index is 0.243. The first-order chi connectivity index (χ1) is 13.8. The van der Waals surface area contributed by atoms with Crippen molar-refractivity contribution in [3.63, 3.8) is 0 Å². The van der Waals surface area contributed by atoms with Gasteiger partial charge in [-0.05, 0) is 68.6 Å². The van der Waals surface area contributed by atoms with Gasteiger partial charge in [-0.15, -0.1) is 15.8 Å². The molecule has 2 nitrogen and oxygen atoms in total. The predicted octanol–water partition coefficient (Wildman–Crippen LogP) is 7.62. The molecule has 7 atom stereocenters. The molecule has 0 aromatic heterocycles. The zero-order chi connectivity index (χ0) is 23.2. The van der Waals surface area contributed by atoms with Crippen molar-refractivity contribution in [2.24, 2.45) is 40.9 Å². The minimum Gasteiger partial charge on any atom is -0.385 e. The van der Waals surface area contributed by atoms with Gasteiger partial charge in [-0.1, -0.05) is 64.4 Å². The lowest BCUT2D eigenvalue weighted by Crippen LogP contribution is -2.42. The van der Waals surface area contributed by atoms with E-state index in [0.717, 1.165) is 43.6 Å².